The predicted molar refractivity (Wildman–Crippen MR) is 54.8 cm³/mol. The van der Waals surface area contributed by atoms with Crippen LogP contribution in [0.3, 0.4) is 0 Å². The van der Waals surface area contributed by atoms with E-state index in [0.717, 1.165) is 18.5 Å². The molecule has 0 fully saturated rings. The number of hydrogen-bond acceptors (Lipinski definition) is 1. The van der Waals surface area contributed by atoms with Crippen LogP contribution in [0.1, 0.15) is 16.8 Å². The molecule has 0 N–H and O–H groups in total. The first-order valence-corrected chi connectivity index (χ1v) is 4.77. The largest absolute Gasteiger partial charge is 0.335 e. The highest BCUT2D eigenvalue weighted by Crippen LogP contribution is 2.07. The SMILES string of the molecule is O=C(c1ccccc1)N1CC=[C]CC1. The predicted octanol–water partition coefficient (Wildman–Crippen LogP) is 1.89. The molecule has 0 atom stereocenters. The molecular formula is C12H12NO. The molecule has 1 aliphatic heterocycles. The van der Waals surface area contributed by atoms with Crippen LogP contribution in [0.5, 0.6) is 0 Å². The van der Waals surface area contributed by atoms with Crippen molar-refractivity contribution in [2.24, 2.45) is 0 Å². The molecule has 0 saturated carbocycles. The Labute approximate surface area is 83.8 Å². The van der Waals surface area contributed by atoms with Gasteiger partial charge in [0.15, 0.2) is 0 Å². The Kier molecular flexibility index (Phi) is 2.63. The van der Waals surface area contributed by atoms with E-state index in [1.807, 2.05) is 41.3 Å². The summed E-state index contributed by atoms with van der Waals surface area (Å²) in [6.07, 6.45) is 5.87. The van der Waals surface area contributed by atoms with Crippen LogP contribution in [0.15, 0.2) is 36.4 Å². The molecule has 1 heterocycles. The van der Waals surface area contributed by atoms with Crippen molar-refractivity contribution in [1.29, 1.82) is 0 Å². The summed E-state index contributed by atoms with van der Waals surface area (Å²) in [5.74, 6) is 0.114. The van der Waals surface area contributed by atoms with Crippen LogP contribution in [0, 0.1) is 6.08 Å². The second-order valence-electron chi connectivity index (χ2n) is 3.28. The van der Waals surface area contributed by atoms with Crippen molar-refractivity contribution in [3.05, 3.63) is 48.0 Å². The van der Waals surface area contributed by atoms with Crippen molar-refractivity contribution in [3.63, 3.8) is 0 Å². The Morgan fingerprint density at radius 1 is 1.29 bits per heavy atom. The molecule has 0 spiro atoms. The molecule has 1 radical (unpaired) electrons. The lowest BCUT2D eigenvalue weighted by Crippen LogP contribution is -2.33. The third-order valence-corrected chi connectivity index (χ3v) is 2.29. The van der Waals surface area contributed by atoms with E-state index >= 15 is 0 Å². The van der Waals surface area contributed by atoms with Crippen molar-refractivity contribution in [2.45, 2.75) is 6.42 Å². The lowest BCUT2D eigenvalue weighted by molar-refractivity contribution is 0.0769. The molecule has 2 rings (SSSR count). The van der Waals surface area contributed by atoms with Crippen LogP contribution in [0.4, 0.5) is 0 Å². The Morgan fingerprint density at radius 2 is 2.07 bits per heavy atom. The summed E-state index contributed by atoms with van der Waals surface area (Å²) in [5.41, 5.74) is 0.766. The zero-order valence-corrected chi connectivity index (χ0v) is 7.94. The van der Waals surface area contributed by atoms with Crippen molar-refractivity contribution in [3.8, 4) is 0 Å². The first-order valence-electron chi connectivity index (χ1n) is 4.77. The summed E-state index contributed by atoms with van der Waals surface area (Å²) < 4.78 is 0. The van der Waals surface area contributed by atoms with Gasteiger partial charge in [-0.25, -0.2) is 0 Å². The van der Waals surface area contributed by atoms with E-state index in [2.05, 4.69) is 6.08 Å². The van der Waals surface area contributed by atoms with Crippen LogP contribution >= 0.6 is 0 Å². The second kappa shape index (κ2) is 4.09. The standard InChI is InChI=1S/C12H12NO/c14-12(11-7-3-1-4-8-11)13-9-5-2-6-10-13/h1,3-5,7-8H,6,9-10H2. The van der Waals surface area contributed by atoms with Crippen LogP contribution in [0.2, 0.25) is 0 Å². The highest BCUT2D eigenvalue weighted by Gasteiger charge is 2.14. The smallest absolute Gasteiger partial charge is 0.254 e. The third-order valence-electron chi connectivity index (χ3n) is 2.29. The molecule has 14 heavy (non-hydrogen) atoms. The first-order chi connectivity index (χ1) is 6.88. The van der Waals surface area contributed by atoms with Crippen LogP contribution in [0.25, 0.3) is 0 Å². The molecule has 1 aromatic carbocycles. The minimum Gasteiger partial charge on any atom is -0.335 e. The van der Waals surface area contributed by atoms with E-state index < -0.39 is 0 Å². The molecule has 1 aliphatic rings. The minimum absolute atomic E-state index is 0.114. The Morgan fingerprint density at radius 3 is 2.71 bits per heavy atom. The van der Waals surface area contributed by atoms with Gasteiger partial charge in [-0.15, -0.1) is 0 Å². The minimum atomic E-state index is 0.114. The maximum absolute atomic E-state index is 11.9. The molecule has 2 nitrogen and oxygen atoms in total. The van der Waals surface area contributed by atoms with Gasteiger partial charge in [0.1, 0.15) is 0 Å². The first kappa shape index (κ1) is 9.00. The second-order valence-corrected chi connectivity index (χ2v) is 3.28. The van der Waals surface area contributed by atoms with E-state index in [1.54, 1.807) is 0 Å². The molecule has 0 aromatic heterocycles. The molecule has 0 unspecified atom stereocenters. The normalized spacial score (nSPS) is 15.6. The fourth-order valence-electron chi connectivity index (χ4n) is 1.52. The van der Waals surface area contributed by atoms with E-state index in [-0.39, 0.29) is 5.91 Å². The van der Waals surface area contributed by atoms with Gasteiger partial charge in [0.05, 0.1) is 0 Å². The fourth-order valence-corrected chi connectivity index (χ4v) is 1.52. The zero-order valence-electron chi connectivity index (χ0n) is 7.94. The van der Waals surface area contributed by atoms with Gasteiger partial charge in [0, 0.05) is 18.7 Å². The van der Waals surface area contributed by atoms with Gasteiger partial charge in [-0.3, -0.25) is 4.79 Å². The Hall–Kier alpha value is -1.57. The van der Waals surface area contributed by atoms with Gasteiger partial charge < -0.3 is 4.90 Å². The summed E-state index contributed by atoms with van der Waals surface area (Å²) in [6.45, 7) is 1.47. The maximum Gasteiger partial charge on any atom is 0.254 e. The van der Waals surface area contributed by atoms with E-state index in [1.165, 1.54) is 0 Å². The molecule has 71 valence electrons. The summed E-state index contributed by atoms with van der Waals surface area (Å²) in [4.78, 5) is 13.7. The van der Waals surface area contributed by atoms with Gasteiger partial charge >= 0.3 is 0 Å². The number of benzene rings is 1. The lowest BCUT2D eigenvalue weighted by Gasteiger charge is -2.23. The van der Waals surface area contributed by atoms with Gasteiger partial charge in [-0.05, 0) is 24.6 Å². The monoisotopic (exact) mass is 186 g/mol. The quantitative estimate of drug-likeness (QED) is 0.656. The molecule has 1 aromatic rings. The van der Waals surface area contributed by atoms with Crippen LogP contribution < -0.4 is 0 Å². The van der Waals surface area contributed by atoms with Crippen LogP contribution in [-0.2, 0) is 0 Å². The number of amides is 1. The fraction of sp³-hybridized carbons (Fsp3) is 0.250. The molecule has 0 saturated heterocycles. The average molecular weight is 186 g/mol. The van der Waals surface area contributed by atoms with E-state index in [9.17, 15) is 4.79 Å². The van der Waals surface area contributed by atoms with Gasteiger partial charge in [0.25, 0.3) is 5.91 Å². The van der Waals surface area contributed by atoms with Crippen molar-refractivity contribution >= 4 is 5.91 Å². The number of carbonyl (C=O) groups is 1. The number of carbonyl (C=O) groups excluding carboxylic acids is 1. The highest BCUT2D eigenvalue weighted by atomic mass is 16.2. The van der Waals surface area contributed by atoms with Crippen molar-refractivity contribution in [1.82, 2.24) is 4.90 Å². The number of hydrogen-bond donors (Lipinski definition) is 0. The number of rotatable bonds is 1. The Bertz CT molecular complexity index is 343. The van der Waals surface area contributed by atoms with E-state index in [4.69, 9.17) is 0 Å². The van der Waals surface area contributed by atoms with Crippen molar-refractivity contribution < 1.29 is 4.79 Å². The van der Waals surface area contributed by atoms with E-state index in [0.29, 0.717) is 6.54 Å². The summed E-state index contributed by atoms with van der Waals surface area (Å²) in [5, 5.41) is 0. The Balaban J connectivity index is 2.12. The molecule has 0 bridgehead atoms. The summed E-state index contributed by atoms with van der Waals surface area (Å²) in [6, 6.07) is 9.40. The number of nitrogens with zero attached hydrogens (tertiary/aromatic N) is 1. The lowest BCUT2D eigenvalue weighted by atomic mass is 10.1. The zero-order chi connectivity index (χ0) is 9.80. The van der Waals surface area contributed by atoms with Crippen molar-refractivity contribution in [2.75, 3.05) is 13.1 Å². The summed E-state index contributed by atoms with van der Waals surface area (Å²) in [7, 11) is 0. The topological polar surface area (TPSA) is 20.3 Å². The van der Waals surface area contributed by atoms with Crippen LogP contribution in [-0.4, -0.2) is 23.9 Å². The molecule has 2 heteroatoms. The molecule has 0 aliphatic carbocycles. The average Bonchev–Trinajstić information content (AvgIpc) is 2.30. The molecular weight excluding hydrogens is 174 g/mol. The van der Waals surface area contributed by atoms with Gasteiger partial charge in [-0.1, -0.05) is 24.3 Å². The summed E-state index contributed by atoms with van der Waals surface area (Å²) >= 11 is 0. The third kappa shape index (κ3) is 1.84. The van der Waals surface area contributed by atoms with Gasteiger partial charge in [-0.2, -0.15) is 0 Å². The highest BCUT2D eigenvalue weighted by molar-refractivity contribution is 5.94. The van der Waals surface area contributed by atoms with Gasteiger partial charge in [0.2, 0.25) is 0 Å². The molecule has 1 amide bonds. The maximum atomic E-state index is 11.9.